The van der Waals surface area contributed by atoms with Crippen molar-refractivity contribution in [2.24, 2.45) is 0 Å². The summed E-state index contributed by atoms with van der Waals surface area (Å²) >= 11 is 7.41. The molecule has 1 N–H and O–H groups in total. The number of nitrogens with zero attached hydrogens (tertiary/aromatic N) is 1. The van der Waals surface area contributed by atoms with Crippen molar-refractivity contribution in [2.45, 2.75) is 33.1 Å². The largest absolute Gasteiger partial charge is 0.487 e. The van der Waals surface area contributed by atoms with Crippen LogP contribution in [0.1, 0.15) is 33.5 Å². The molecule has 156 valence electrons. The van der Waals surface area contributed by atoms with Gasteiger partial charge in [-0.2, -0.15) is 0 Å². The normalized spacial score (nSPS) is 11.6. The molecular formula is C22H21ClN2O4S. The number of carbonyl (C=O) groups excluding carboxylic acids is 2. The van der Waals surface area contributed by atoms with Crippen molar-refractivity contribution in [2.75, 3.05) is 0 Å². The summed E-state index contributed by atoms with van der Waals surface area (Å²) in [5.41, 5.74) is 2.10. The fourth-order valence-corrected chi connectivity index (χ4v) is 3.26. The van der Waals surface area contributed by atoms with Gasteiger partial charge in [0.05, 0.1) is 16.3 Å². The Bertz CT molecular complexity index is 1000. The van der Waals surface area contributed by atoms with Crippen molar-refractivity contribution in [1.82, 2.24) is 10.3 Å². The number of amides is 1. The quantitative estimate of drug-likeness (QED) is 0.516. The summed E-state index contributed by atoms with van der Waals surface area (Å²) in [5, 5.41) is 6.29. The second kappa shape index (κ2) is 10.2. The van der Waals surface area contributed by atoms with Crippen LogP contribution in [-0.2, 0) is 22.7 Å². The van der Waals surface area contributed by atoms with Gasteiger partial charge in [0.2, 0.25) is 0 Å². The van der Waals surface area contributed by atoms with E-state index in [0.29, 0.717) is 29.5 Å². The van der Waals surface area contributed by atoms with Crippen LogP contribution in [0.5, 0.6) is 5.75 Å². The highest BCUT2D eigenvalue weighted by Gasteiger charge is 2.18. The van der Waals surface area contributed by atoms with E-state index in [1.165, 1.54) is 6.92 Å². The molecular weight excluding hydrogens is 424 g/mol. The molecule has 3 aromatic rings. The molecule has 30 heavy (non-hydrogen) atoms. The minimum Gasteiger partial charge on any atom is -0.487 e. The van der Waals surface area contributed by atoms with Crippen molar-refractivity contribution >= 4 is 34.8 Å². The molecule has 0 fully saturated rings. The standard InChI is InChI=1S/C22H21ClN2O4S/c1-14(21(26)24-11-16-3-7-18(23)8-4-16)29-22(27)17-5-9-20(10-6-17)28-12-19-13-30-15(2)25-19/h3-10,13-14H,11-12H2,1-2H3,(H,24,26). The van der Waals surface area contributed by atoms with Crippen LogP contribution in [0.4, 0.5) is 0 Å². The zero-order chi connectivity index (χ0) is 21.5. The van der Waals surface area contributed by atoms with Crippen molar-refractivity contribution in [3.8, 4) is 5.75 Å². The Labute approximate surface area is 183 Å². The highest BCUT2D eigenvalue weighted by molar-refractivity contribution is 7.09. The van der Waals surface area contributed by atoms with Crippen LogP contribution in [0, 0.1) is 6.92 Å². The molecule has 0 aliphatic heterocycles. The van der Waals surface area contributed by atoms with Crippen molar-refractivity contribution < 1.29 is 19.1 Å². The maximum Gasteiger partial charge on any atom is 0.338 e. The topological polar surface area (TPSA) is 77.5 Å². The Morgan fingerprint density at radius 1 is 1.13 bits per heavy atom. The summed E-state index contributed by atoms with van der Waals surface area (Å²) in [6.45, 7) is 4.15. The molecule has 1 unspecified atom stereocenters. The minimum absolute atomic E-state index is 0.322. The summed E-state index contributed by atoms with van der Waals surface area (Å²) in [4.78, 5) is 28.8. The molecule has 0 bridgehead atoms. The second-order valence-electron chi connectivity index (χ2n) is 6.56. The first-order valence-corrected chi connectivity index (χ1v) is 10.5. The van der Waals surface area contributed by atoms with Gasteiger partial charge in [0.25, 0.3) is 5.91 Å². The van der Waals surface area contributed by atoms with Crippen LogP contribution >= 0.6 is 22.9 Å². The lowest BCUT2D eigenvalue weighted by molar-refractivity contribution is -0.129. The number of thiazole rings is 1. The van der Waals surface area contributed by atoms with Gasteiger partial charge in [0.1, 0.15) is 12.4 Å². The van der Waals surface area contributed by atoms with Crippen LogP contribution in [0.15, 0.2) is 53.9 Å². The van der Waals surface area contributed by atoms with E-state index < -0.39 is 12.1 Å². The number of halogens is 1. The number of rotatable bonds is 8. The van der Waals surface area contributed by atoms with Gasteiger partial charge in [-0.15, -0.1) is 11.3 Å². The number of hydrogen-bond acceptors (Lipinski definition) is 6. The van der Waals surface area contributed by atoms with Gasteiger partial charge < -0.3 is 14.8 Å². The molecule has 1 amide bonds. The Morgan fingerprint density at radius 2 is 1.83 bits per heavy atom. The molecule has 0 saturated carbocycles. The first kappa shape index (κ1) is 21.8. The first-order valence-electron chi connectivity index (χ1n) is 9.27. The average Bonchev–Trinajstić information content (AvgIpc) is 3.17. The van der Waals surface area contributed by atoms with Crippen LogP contribution < -0.4 is 10.1 Å². The Balaban J connectivity index is 1.46. The van der Waals surface area contributed by atoms with Gasteiger partial charge >= 0.3 is 5.97 Å². The molecule has 0 spiro atoms. The number of nitrogens with one attached hydrogen (secondary N) is 1. The van der Waals surface area contributed by atoms with Crippen molar-refractivity contribution in [3.05, 3.63) is 80.8 Å². The number of ether oxygens (including phenoxy) is 2. The predicted octanol–water partition coefficient (Wildman–Crippen LogP) is 4.55. The van der Waals surface area contributed by atoms with E-state index >= 15 is 0 Å². The molecule has 1 heterocycles. The second-order valence-corrected chi connectivity index (χ2v) is 8.06. The highest BCUT2D eigenvalue weighted by atomic mass is 35.5. The van der Waals surface area contributed by atoms with Crippen molar-refractivity contribution in [3.63, 3.8) is 0 Å². The van der Waals surface area contributed by atoms with Crippen LogP contribution in [0.3, 0.4) is 0 Å². The highest BCUT2D eigenvalue weighted by Crippen LogP contribution is 2.16. The third-order valence-corrected chi connectivity index (χ3v) is 5.25. The van der Waals surface area contributed by atoms with Gasteiger partial charge in [-0.3, -0.25) is 4.79 Å². The molecule has 0 aliphatic carbocycles. The third-order valence-electron chi connectivity index (χ3n) is 4.18. The fraction of sp³-hybridized carbons (Fsp3) is 0.227. The molecule has 0 saturated heterocycles. The van der Waals surface area contributed by atoms with E-state index in [1.807, 2.05) is 24.4 Å². The van der Waals surface area contributed by atoms with Crippen molar-refractivity contribution in [1.29, 1.82) is 0 Å². The molecule has 1 aromatic heterocycles. The van der Waals surface area contributed by atoms with E-state index in [0.717, 1.165) is 16.3 Å². The Kier molecular flexibility index (Phi) is 7.43. The van der Waals surface area contributed by atoms with Gasteiger partial charge in [0, 0.05) is 16.9 Å². The summed E-state index contributed by atoms with van der Waals surface area (Å²) in [6.07, 6.45) is -0.923. The summed E-state index contributed by atoms with van der Waals surface area (Å²) in [7, 11) is 0. The smallest absolute Gasteiger partial charge is 0.338 e. The molecule has 0 radical (unpaired) electrons. The number of hydrogen-bond donors (Lipinski definition) is 1. The molecule has 3 rings (SSSR count). The van der Waals surface area contributed by atoms with Gasteiger partial charge in [-0.25, -0.2) is 9.78 Å². The van der Waals surface area contributed by atoms with Gasteiger partial charge in [-0.05, 0) is 55.8 Å². The van der Waals surface area contributed by atoms with E-state index in [2.05, 4.69) is 10.3 Å². The number of aryl methyl sites for hydroxylation is 1. The predicted molar refractivity (Wildman–Crippen MR) is 116 cm³/mol. The summed E-state index contributed by atoms with van der Waals surface area (Å²) in [5.74, 6) is -0.339. The maximum atomic E-state index is 12.3. The van der Waals surface area contributed by atoms with E-state index in [4.69, 9.17) is 21.1 Å². The third kappa shape index (κ3) is 6.30. The fourth-order valence-electron chi connectivity index (χ4n) is 2.54. The first-order chi connectivity index (χ1) is 14.4. The van der Waals surface area contributed by atoms with Gasteiger partial charge in [-0.1, -0.05) is 23.7 Å². The average molecular weight is 445 g/mol. The molecule has 1 atom stereocenters. The van der Waals surface area contributed by atoms with Gasteiger partial charge in [0.15, 0.2) is 6.10 Å². The zero-order valence-electron chi connectivity index (χ0n) is 16.6. The zero-order valence-corrected chi connectivity index (χ0v) is 18.1. The summed E-state index contributed by atoms with van der Waals surface area (Å²) in [6, 6.07) is 13.7. The number of esters is 1. The number of benzene rings is 2. The lowest BCUT2D eigenvalue weighted by atomic mass is 10.2. The monoisotopic (exact) mass is 444 g/mol. The molecule has 2 aromatic carbocycles. The van der Waals surface area contributed by atoms with Crippen LogP contribution in [0.25, 0.3) is 0 Å². The summed E-state index contributed by atoms with van der Waals surface area (Å²) < 4.78 is 10.9. The van der Waals surface area contributed by atoms with Crippen LogP contribution in [-0.4, -0.2) is 23.0 Å². The molecule has 8 heteroatoms. The van der Waals surface area contributed by atoms with Crippen LogP contribution in [0.2, 0.25) is 5.02 Å². The Hall–Kier alpha value is -2.90. The Morgan fingerprint density at radius 3 is 2.47 bits per heavy atom. The number of aromatic nitrogens is 1. The minimum atomic E-state index is -0.923. The lowest BCUT2D eigenvalue weighted by Crippen LogP contribution is -2.35. The van der Waals surface area contributed by atoms with E-state index in [1.54, 1.807) is 47.7 Å². The number of carbonyl (C=O) groups is 2. The van der Waals surface area contributed by atoms with E-state index in [9.17, 15) is 9.59 Å². The van der Waals surface area contributed by atoms with E-state index in [-0.39, 0.29) is 5.91 Å². The SMILES string of the molecule is Cc1nc(COc2ccc(C(=O)OC(C)C(=O)NCc3ccc(Cl)cc3)cc2)cs1. The maximum absolute atomic E-state index is 12.3. The molecule has 6 nitrogen and oxygen atoms in total. The molecule has 0 aliphatic rings. The lowest BCUT2D eigenvalue weighted by Gasteiger charge is -2.14.